The van der Waals surface area contributed by atoms with E-state index in [0.717, 1.165) is 5.56 Å². The van der Waals surface area contributed by atoms with Crippen molar-refractivity contribution in [1.29, 1.82) is 0 Å². The average molecular weight is 380 g/mol. The molecule has 6 heteroatoms. The van der Waals surface area contributed by atoms with E-state index in [-0.39, 0.29) is 30.8 Å². The highest BCUT2D eigenvalue weighted by Gasteiger charge is 2.48. The predicted molar refractivity (Wildman–Crippen MR) is 107 cm³/mol. The van der Waals surface area contributed by atoms with E-state index in [1.165, 1.54) is 0 Å². The lowest BCUT2D eigenvalue weighted by Gasteiger charge is -2.40. The molecule has 0 aromatic heterocycles. The van der Waals surface area contributed by atoms with Crippen molar-refractivity contribution in [3.05, 3.63) is 35.9 Å². The third kappa shape index (κ3) is 4.36. The maximum Gasteiger partial charge on any atom is 0.217 e. The molecule has 2 rings (SSSR count). The molecule has 1 aromatic carbocycles. The number of aliphatic hydroxyl groups is 2. The Balaban J connectivity index is 2.32. The number of aliphatic hydroxyl groups excluding tert-OH is 2. The Morgan fingerprint density at radius 3 is 2.42 bits per heavy atom. The Hall–Kier alpha value is -1.21. The van der Waals surface area contributed by atoms with Crippen LogP contribution in [0.3, 0.4) is 0 Å². The molecule has 1 aliphatic heterocycles. The SMILES string of the molecule is C[C@@H](CO)[C@H](O)[C@]1(CO[Si](C)(C)C(C)(C)C)COC(c2ccccc2)=N1. The first kappa shape index (κ1) is 21.1. The van der Waals surface area contributed by atoms with Crippen LogP contribution in [0.15, 0.2) is 35.3 Å². The van der Waals surface area contributed by atoms with Crippen LogP contribution in [-0.4, -0.2) is 55.9 Å². The molecular formula is C20H33NO4Si. The van der Waals surface area contributed by atoms with Gasteiger partial charge < -0.3 is 19.4 Å². The van der Waals surface area contributed by atoms with E-state index in [4.69, 9.17) is 14.2 Å². The molecule has 3 atom stereocenters. The van der Waals surface area contributed by atoms with Crippen LogP contribution in [-0.2, 0) is 9.16 Å². The summed E-state index contributed by atoms with van der Waals surface area (Å²) >= 11 is 0. The predicted octanol–water partition coefficient (Wildman–Crippen LogP) is 3.21. The van der Waals surface area contributed by atoms with Gasteiger partial charge in [-0.2, -0.15) is 0 Å². The van der Waals surface area contributed by atoms with Gasteiger partial charge in [0.25, 0.3) is 0 Å². The molecule has 2 N–H and O–H groups in total. The first-order chi connectivity index (χ1) is 12.0. The van der Waals surface area contributed by atoms with Crippen LogP contribution in [0.5, 0.6) is 0 Å². The van der Waals surface area contributed by atoms with Gasteiger partial charge in [-0.25, -0.2) is 4.99 Å². The first-order valence-electron chi connectivity index (χ1n) is 9.23. The highest BCUT2D eigenvalue weighted by Crippen LogP contribution is 2.38. The molecule has 0 spiro atoms. The van der Waals surface area contributed by atoms with Gasteiger partial charge in [0.1, 0.15) is 12.1 Å². The maximum atomic E-state index is 10.9. The Morgan fingerprint density at radius 1 is 1.27 bits per heavy atom. The van der Waals surface area contributed by atoms with Crippen molar-refractivity contribution in [1.82, 2.24) is 0 Å². The van der Waals surface area contributed by atoms with E-state index in [0.29, 0.717) is 5.90 Å². The van der Waals surface area contributed by atoms with Crippen LogP contribution in [0.2, 0.25) is 18.1 Å². The topological polar surface area (TPSA) is 71.3 Å². The van der Waals surface area contributed by atoms with Gasteiger partial charge in [-0.1, -0.05) is 45.9 Å². The summed E-state index contributed by atoms with van der Waals surface area (Å²) in [4.78, 5) is 4.77. The fraction of sp³-hybridized carbons (Fsp3) is 0.650. The summed E-state index contributed by atoms with van der Waals surface area (Å²) in [5.41, 5.74) is -0.0198. The van der Waals surface area contributed by atoms with Gasteiger partial charge in [0.2, 0.25) is 5.90 Å². The van der Waals surface area contributed by atoms with Crippen LogP contribution >= 0.6 is 0 Å². The fourth-order valence-corrected chi connectivity index (χ4v) is 3.69. The fourth-order valence-electron chi connectivity index (χ4n) is 2.65. The number of hydrogen-bond acceptors (Lipinski definition) is 5. The third-order valence-electron chi connectivity index (χ3n) is 5.67. The number of aliphatic imine (C=N–C) groups is 1. The summed E-state index contributed by atoms with van der Waals surface area (Å²) in [6.45, 7) is 13.1. The molecule has 0 bridgehead atoms. The van der Waals surface area contributed by atoms with E-state index in [9.17, 15) is 10.2 Å². The van der Waals surface area contributed by atoms with E-state index in [2.05, 4.69) is 33.9 Å². The van der Waals surface area contributed by atoms with Gasteiger partial charge in [-0.15, -0.1) is 0 Å². The quantitative estimate of drug-likeness (QED) is 0.714. The molecule has 0 saturated heterocycles. The second kappa shape index (κ2) is 7.80. The average Bonchev–Trinajstić information content (AvgIpc) is 3.04. The molecule has 0 fully saturated rings. The number of benzene rings is 1. The zero-order valence-corrected chi connectivity index (χ0v) is 17.8. The van der Waals surface area contributed by atoms with E-state index >= 15 is 0 Å². The van der Waals surface area contributed by atoms with Gasteiger partial charge in [0, 0.05) is 18.1 Å². The second-order valence-corrected chi connectivity index (χ2v) is 13.6. The third-order valence-corrected chi connectivity index (χ3v) is 10.1. The number of nitrogens with zero attached hydrogens (tertiary/aromatic N) is 1. The molecule has 146 valence electrons. The lowest BCUT2D eigenvalue weighted by atomic mass is 9.87. The van der Waals surface area contributed by atoms with Crippen LogP contribution in [0, 0.1) is 5.92 Å². The standard InChI is InChI=1S/C20H33NO4Si/c1-15(12-22)17(23)20(14-25-26(5,6)19(2,3)4)13-24-18(21-20)16-10-8-7-9-11-16/h7-11,15,17,22-23H,12-14H2,1-6H3/t15-,17-,20+/m0/s1. The van der Waals surface area contributed by atoms with E-state index in [1.54, 1.807) is 0 Å². The zero-order chi connectivity index (χ0) is 19.6. The summed E-state index contributed by atoms with van der Waals surface area (Å²) in [6, 6.07) is 9.67. The summed E-state index contributed by atoms with van der Waals surface area (Å²) in [5, 5.41) is 20.5. The van der Waals surface area contributed by atoms with Crippen molar-refractivity contribution >= 4 is 14.2 Å². The summed E-state index contributed by atoms with van der Waals surface area (Å²) in [5.74, 6) is 0.203. The van der Waals surface area contributed by atoms with Gasteiger partial charge in [-0.05, 0) is 30.3 Å². The second-order valence-electron chi connectivity index (χ2n) is 8.83. The Bertz CT molecular complexity index is 626. The smallest absolute Gasteiger partial charge is 0.217 e. The minimum atomic E-state index is -2.01. The summed E-state index contributed by atoms with van der Waals surface area (Å²) in [6.07, 6.45) is -0.849. The molecule has 0 amide bonds. The number of ether oxygens (including phenoxy) is 1. The Labute approximate surface area is 158 Å². The Morgan fingerprint density at radius 2 is 1.88 bits per heavy atom. The minimum absolute atomic E-state index is 0.0627. The molecule has 1 aliphatic rings. The van der Waals surface area contributed by atoms with Crippen molar-refractivity contribution in [2.24, 2.45) is 10.9 Å². The summed E-state index contributed by atoms with van der Waals surface area (Å²) < 4.78 is 12.3. The van der Waals surface area contributed by atoms with Crippen molar-refractivity contribution < 1.29 is 19.4 Å². The van der Waals surface area contributed by atoms with Crippen LogP contribution in [0.25, 0.3) is 0 Å². The van der Waals surface area contributed by atoms with Gasteiger partial charge >= 0.3 is 0 Å². The Kier molecular flexibility index (Phi) is 6.33. The minimum Gasteiger partial charge on any atom is -0.475 e. The number of rotatable bonds is 7. The lowest BCUT2D eigenvalue weighted by Crippen LogP contribution is -2.53. The molecule has 0 saturated carbocycles. The van der Waals surface area contributed by atoms with Crippen molar-refractivity contribution in [2.75, 3.05) is 19.8 Å². The molecular weight excluding hydrogens is 346 g/mol. The molecule has 26 heavy (non-hydrogen) atoms. The largest absolute Gasteiger partial charge is 0.475 e. The highest BCUT2D eigenvalue weighted by molar-refractivity contribution is 6.74. The van der Waals surface area contributed by atoms with Crippen molar-refractivity contribution in [3.63, 3.8) is 0 Å². The monoisotopic (exact) mass is 379 g/mol. The highest BCUT2D eigenvalue weighted by atomic mass is 28.4. The van der Waals surface area contributed by atoms with Crippen molar-refractivity contribution in [2.45, 2.75) is 57.5 Å². The van der Waals surface area contributed by atoms with Crippen LogP contribution < -0.4 is 0 Å². The van der Waals surface area contributed by atoms with Crippen LogP contribution in [0.1, 0.15) is 33.3 Å². The van der Waals surface area contributed by atoms with Crippen molar-refractivity contribution in [3.8, 4) is 0 Å². The molecule has 1 heterocycles. The molecule has 0 aliphatic carbocycles. The van der Waals surface area contributed by atoms with Gasteiger partial charge in [0.05, 0.1) is 12.7 Å². The van der Waals surface area contributed by atoms with E-state index in [1.807, 2.05) is 37.3 Å². The van der Waals surface area contributed by atoms with Crippen LogP contribution in [0.4, 0.5) is 0 Å². The van der Waals surface area contributed by atoms with Gasteiger partial charge in [0.15, 0.2) is 8.32 Å². The normalized spacial score (nSPS) is 23.3. The number of hydrogen-bond donors (Lipinski definition) is 2. The molecule has 0 radical (unpaired) electrons. The molecule has 5 nitrogen and oxygen atoms in total. The molecule has 0 unspecified atom stereocenters. The van der Waals surface area contributed by atoms with E-state index < -0.39 is 20.0 Å². The zero-order valence-electron chi connectivity index (χ0n) is 16.8. The summed E-state index contributed by atoms with van der Waals surface area (Å²) in [7, 11) is -2.01. The lowest BCUT2D eigenvalue weighted by molar-refractivity contribution is -0.0152. The first-order valence-corrected chi connectivity index (χ1v) is 12.1. The van der Waals surface area contributed by atoms with Gasteiger partial charge in [-0.3, -0.25) is 0 Å². The maximum absolute atomic E-state index is 10.9. The molecule has 1 aromatic rings.